The van der Waals surface area contributed by atoms with Gasteiger partial charge in [-0.1, -0.05) is 56.1 Å². The van der Waals surface area contributed by atoms with Crippen molar-refractivity contribution in [2.75, 3.05) is 33.2 Å². The van der Waals surface area contributed by atoms with Gasteiger partial charge >= 0.3 is 0 Å². The molecule has 6 heteroatoms. The van der Waals surface area contributed by atoms with Crippen molar-refractivity contribution in [3.63, 3.8) is 0 Å². The number of rotatable bonds is 4. The maximum Gasteiger partial charge on any atom is 0.243 e. The molecule has 2 aromatic carbocycles. The number of nitrogens with zero attached hydrogens (tertiary/aromatic N) is 2. The van der Waals surface area contributed by atoms with Crippen LogP contribution in [0.2, 0.25) is 0 Å². The number of amides is 1. The molecule has 2 aromatic rings. The standard InChI is InChI=1S/C22H25Br2N3O/c1-26(15-16-10-19(23)12-20(24)11-16)21(28)22(27-8-6-25-7-9-27)13-17-4-2-3-5-18(17)14-22/h2-5,10-12,25H,6-9,13-15H2,1H3. The van der Waals surface area contributed by atoms with E-state index in [9.17, 15) is 4.79 Å². The van der Waals surface area contributed by atoms with E-state index in [2.05, 4.69) is 78.5 Å². The molecule has 0 unspecified atom stereocenters. The van der Waals surface area contributed by atoms with Crippen LogP contribution in [0.25, 0.3) is 0 Å². The molecule has 148 valence electrons. The van der Waals surface area contributed by atoms with Gasteiger partial charge in [0.15, 0.2) is 0 Å². The van der Waals surface area contributed by atoms with E-state index in [4.69, 9.17) is 0 Å². The van der Waals surface area contributed by atoms with Gasteiger partial charge in [-0.3, -0.25) is 9.69 Å². The van der Waals surface area contributed by atoms with Gasteiger partial charge in [0.1, 0.15) is 5.54 Å². The number of carbonyl (C=O) groups is 1. The minimum atomic E-state index is -0.468. The fraction of sp³-hybridized carbons (Fsp3) is 0.409. The molecule has 1 N–H and O–H groups in total. The maximum atomic E-state index is 13.8. The first kappa shape index (κ1) is 20.1. The maximum absolute atomic E-state index is 13.8. The second-order valence-electron chi connectivity index (χ2n) is 7.83. The first-order chi connectivity index (χ1) is 13.5. The number of hydrogen-bond donors (Lipinski definition) is 1. The summed E-state index contributed by atoms with van der Waals surface area (Å²) in [5, 5.41) is 3.42. The number of halogens is 2. The molecule has 2 aliphatic rings. The molecule has 0 bridgehead atoms. The lowest BCUT2D eigenvalue weighted by atomic mass is 9.90. The lowest BCUT2D eigenvalue weighted by Crippen LogP contribution is -2.63. The van der Waals surface area contributed by atoms with Gasteiger partial charge in [0.05, 0.1) is 0 Å². The van der Waals surface area contributed by atoms with E-state index in [0.717, 1.165) is 53.5 Å². The van der Waals surface area contributed by atoms with Gasteiger partial charge in [-0.15, -0.1) is 0 Å². The van der Waals surface area contributed by atoms with E-state index < -0.39 is 5.54 Å². The predicted molar refractivity (Wildman–Crippen MR) is 119 cm³/mol. The van der Waals surface area contributed by atoms with Gasteiger partial charge in [0.2, 0.25) is 5.91 Å². The smallest absolute Gasteiger partial charge is 0.243 e. The minimum Gasteiger partial charge on any atom is -0.340 e. The Labute approximate surface area is 183 Å². The van der Waals surface area contributed by atoms with Crippen molar-refractivity contribution in [2.24, 2.45) is 0 Å². The Bertz CT molecular complexity index is 835. The van der Waals surface area contributed by atoms with Crippen LogP contribution >= 0.6 is 31.9 Å². The number of fused-ring (bicyclic) bond motifs is 1. The molecule has 1 heterocycles. The molecular formula is C22H25Br2N3O. The van der Waals surface area contributed by atoms with Gasteiger partial charge in [-0.25, -0.2) is 0 Å². The highest BCUT2D eigenvalue weighted by Gasteiger charge is 2.49. The Balaban J connectivity index is 1.62. The summed E-state index contributed by atoms with van der Waals surface area (Å²) >= 11 is 7.10. The normalized spacial score (nSPS) is 18.7. The second-order valence-corrected chi connectivity index (χ2v) is 9.66. The largest absolute Gasteiger partial charge is 0.340 e. The van der Waals surface area contributed by atoms with E-state index in [1.165, 1.54) is 11.1 Å². The summed E-state index contributed by atoms with van der Waals surface area (Å²) in [4.78, 5) is 18.2. The number of likely N-dealkylation sites (N-methyl/N-ethyl adjacent to an activating group) is 1. The van der Waals surface area contributed by atoms with Gasteiger partial charge in [0.25, 0.3) is 0 Å². The summed E-state index contributed by atoms with van der Waals surface area (Å²) in [6, 6.07) is 14.7. The third kappa shape index (κ3) is 3.92. The van der Waals surface area contributed by atoms with Crippen LogP contribution in [0.15, 0.2) is 51.4 Å². The van der Waals surface area contributed by atoms with Crippen molar-refractivity contribution in [1.29, 1.82) is 0 Å². The summed E-state index contributed by atoms with van der Waals surface area (Å²) in [5.74, 6) is 0.224. The first-order valence-electron chi connectivity index (χ1n) is 9.71. The van der Waals surface area contributed by atoms with Crippen LogP contribution in [-0.4, -0.2) is 54.5 Å². The number of hydrogen-bond acceptors (Lipinski definition) is 3. The van der Waals surface area contributed by atoms with Crippen LogP contribution in [0, 0.1) is 0 Å². The second kappa shape index (κ2) is 8.27. The zero-order valence-corrected chi connectivity index (χ0v) is 19.2. The molecule has 0 saturated carbocycles. The third-order valence-electron chi connectivity index (χ3n) is 5.89. The Morgan fingerprint density at radius 2 is 1.64 bits per heavy atom. The molecule has 0 spiro atoms. The van der Waals surface area contributed by atoms with E-state index in [0.29, 0.717) is 6.54 Å². The molecule has 1 aliphatic heterocycles. The van der Waals surface area contributed by atoms with Crippen LogP contribution in [0.3, 0.4) is 0 Å². The van der Waals surface area contributed by atoms with Gasteiger partial charge in [0, 0.05) is 61.6 Å². The Morgan fingerprint density at radius 3 is 2.21 bits per heavy atom. The van der Waals surface area contributed by atoms with Crippen LogP contribution in [0.5, 0.6) is 0 Å². The molecule has 4 nitrogen and oxygen atoms in total. The fourth-order valence-electron chi connectivity index (χ4n) is 4.60. The highest BCUT2D eigenvalue weighted by Crippen LogP contribution is 2.37. The third-order valence-corrected chi connectivity index (χ3v) is 6.81. The number of piperazine rings is 1. The molecule has 0 radical (unpaired) electrons. The molecule has 0 atom stereocenters. The van der Waals surface area contributed by atoms with Gasteiger partial charge in [-0.05, 0) is 34.9 Å². The number of nitrogens with one attached hydrogen (secondary N) is 1. The summed E-state index contributed by atoms with van der Waals surface area (Å²) in [6.45, 7) is 4.30. The van der Waals surface area contributed by atoms with Crippen LogP contribution in [0.1, 0.15) is 16.7 Å². The summed E-state index contributed by atoms with van der Waals surface area (Å²) in [6.07, 6.45) is 1.60. The zero-order chi connectivity index (χ0) is 19.7. The fourth-order valence-corrected chi connectivity index (χ4v) is 5.99. The summed E-state index contributed by atoms with van der Waals surface area (Å²) < 4.78 is 2.03. The van der Waals surface area contributed by atoms with Crippen molar-refractivity contribution in [2.45, 2.75) is 24.9 Å². The van der Waals surface area contributed by atoms with Crippen LogP contribution in [-0.2, 0) is 24.2 Å². The molecule has 0 aromatic heterocycles. The van der Waals surface area contributed by atoms with Gasteiger partial charge < -0.3 is 10.2 Å². The van der Waals surface area contributed by atoms with Crippen LogP contribution < -0.4 is 5.32 Å². The summed E-state index contributed by atoms with van der Waals surface area (Å²) in [7, 11) is 1.93. The van der Waals surface area contributed by atoms with Crippen molar-refractivity contribution >= 4 is 37.8 Å². The van der Waals surface area contributed by atoms with Crippen molar-refractivity contribution in [1.82, 2.24) is 15.1 Å². The van der Waals surface area contributed by atoms with Crippen molar-refractivity contribution in [3.05, 3.63) is 68.1 Å². The Hall–Kier alpha value is -1.21. The van der Waals surface area contributed by atoms with E-state index in [1.807, 2.05) is 18.0 Å². The first-order valence-corrected chi connectivity index (χ1v) is 11.3. The minimum absolute atomic E-state index is 0.224. The van der Waals surface area contributed by atoms with E-state index >= 15 is 0 Å². The molecular weight excluding hydrogens is 482 g/mol. The van der Waals surface area contributed by atoms with E-state index in [1.54, 1.807) is 0 Å². The quantitative estimate of drug-likeness (QED) is 0.688. The Kier molecular flexibility index (Phi) is 5.93. The zero-order valence-electron chi connectivity index (χ0n) is 16.0. The lowest BCUT2D eigenvalue weighted by molar-refractivity contribution is -0.144. The average molecular weight is 507 g/mol. The van der Waals surface area contributed by atoms with Gasteiger partial charge in [-0.2, -0.15) is 0 Å². The molecule has 1 fully saturated rings. The highest BCUT2D eigenvalue weighted by atomic mass is 79.9. The predicted octanol–water partition coefficient (Wildman–Crippen LogP) is 3.61. The SMILES string of the molecule is CN(Cc1cc(Br)cc(Br)c1)C(=O)C1(N2CCNCC2)Cc2ccccc2C1. The van der Waals surface area contributed by atoms with Crippen molar-refractivity contribution < 1.29 is 4.79 Å². The molecule has 28 heavy (non-hydrogen) atoms. The molecule has 1 amide bonds. The highest BCUT2D eigenvalue weighted by molar-refractivity contribution is 9.11. The monoisotopic (exact) mass is 505 g/mol. The molecule has 1 aliphatic carbocycles. The number of carbonyl (C=O) groups excluding carboxylic acids is 1. The molecule has 1 saturated heterocycles. The Morgan fingerprint density at radius 1 is 1.07 bits per heavy atom. The molecule has 4 rings (SSSR count). The summed E-state index contributed by atoms with van der Waals surface area (Å²) in [5.41, 5.74) is 3.27. The van der Waals surface area contributed by atoms with Crippen LogP contribution in [0.4, 0.5) is 0 Å². The lowest BCUT2D eigenvalue weighted by Gasteiger charge is -2.44. The van der Waals surface area contributed by atoms with Crippen molar-refractivity contribution in [3.8, 4) is 0 Å². The topological polar surface area (TPSA) is 35.6 Å². The van der Waals surface area contributed by atoms with E-state index in [-0.39, 0.29) is 5.91 Å². The average Bonchev–Trinajstić information content (AvgIpc) is 3.08. The number of benzene rings is 2.